The molecule has 0 amide bonds. The molecule has 3 nitrogen and oxygen atoms in total. The summed E-state index contributed by atoms with van der Waals surface area (Å²) < 4.78 is 38.8. The number of carboxylic acid groups (broad SMARTS) is 1. The average molecular weight is 317 g/mol. The first-order valence-corrected chi connectivity index (χ1v) is 7.39. The number of hydrogen-bond donors (Lipinski definition) is 2. The van der Waals surface area contributed by atoms with Crippen LogP contribution in [0.4, 0.5) is 13.2 Å². The number of carboxylic acids is 1. The Balaban J connectivity index is 2.76. The van der Waals surface area contributed by atoms with Crippen molar-refractivity contribution in [1.82, 2.24) is 5.32 Å². The first kappa shape index (κ1) is 18.5. The fraction of sp³-hybridized carbons (Fsp3) is 0.562. The van der Waals surface area contributed by atoms with Gasteiger partial charge in [0.15, 0.2) is 0 Å². The number of halogens is 3. The van der Waals surface area contributed by atoms with Crippen molar-refractivity contribution in [2.75, 3.05) is 0 Å². The predicted molar refractivity (Wildman–Crippen MR) is 78.7 cm³/mol. The molecule has 0 fully saturated rings. The van der Waals surface area contributed by atoms with Gasteiger partial charge in [-0.2, -0.15) is 13.2 Å². The number of alkyl halides is 3. The van der Waals surface area contributed by atoms with Crippen molar-refractivity contribution in [2.24, 2.45) is 0 Å². The van der Waals surface area contributed by atoms with Crippen molar-refractivity contribution in [2.45, 2.75) is 57.8 Å². The van der Waals surface area contributed by atoms with Gasteiger partial charge in [-0.25, -0.2) is 0 Å². The third kappa shape index (κ3) is 5.67. The van der Waals surface area contributed by atoms with Gasteiger partial charge in [0.1, 0.15) is 6.04 Å². The maximum atomic E-state index is 12.9. The Kier molecular flexibility index (Phi) is 6.87. The summed E-state index contributed by atoms with van der Waals surface area (Å²) in [5.74, 6) is -0.968. The SMILES string of the molecule is CCCCC(NC(C)Cc1ccccc1C(F)(F)F)C(=O)O. The molecule has 0 aromatic heterocycles. The molecule has 0 radical (unpaired) electrons. The quantitative estimate of drug-likeness (QED) is 0.765. The predicted octanol–water partition coefficient (Wildman–Crippen LogP) is 3.87. The molecule has 0 heterocycles. The van der Waals surface area contributed by atoms with Crippen molar-refractivity contribution in [3.05, 3.63) is 35.4 Å². The van der Waals surface area contributed by atoms with E-state index >= 15 is 0 Å². The second-order valence-corrected chi connectivity index (χ2v) is 5.46. The molecule has 2 N–H and O–H groups in total. The van der Waals surface area contributed by atoms with E-state index in [4.69, 9.17) is 5.11 Å². The van der Waals surface area contributed by atoms with E-state index in [1.54, 1.807) is 13.0 Å². The summed E-state index contributed by atoms with van der Waals surface area (Å²) in [7, 11) is 0. The lowest BCUT2D eigenvalue weighted by atomic mass is 9.99. The van der Waals surface area contributed by atoms with Gasteiger partial charge in [-0.15, -0.1) is 0 Å². The molecule has 2 atom stereocenters. The number of hydrogen-bond acceptors (Lipinski definition) is 2. The summed E-state index contributed by atoms with van der Waals surface area (Å²) in [5, 5.41) is 12.1. The van der Waals surface area contributed by atoms with E-state index in [-0.39, 0.29) is 18.0 Å². The van der Waals surface area contributed by atoms with Crippen LogP contribution in [0.15, 0.2) is 24.3 Å². The molecule has 1 aromatic rings. The number of carbonyl (C=O) groups is 1. The summed E-state index contributed by atoms with van der Waals surface area (Å²) in [6, 6.07) is 4.31. The van der Waals surface area contributed by atoms with Crippen LogP contribution < -0.4 is 5.32 Å². The third-order valence-electron chi connectivity index (χ3n) is 3.48. The normalized spacial score (nSPS) is 14.6. The van der Waals surface area contributed by atoms with Gasteiger partial charge in [0.25, 0.3) is 0 Å². The largest absolute Gasteiger partial charge is 0.480 e. The minimum absolute atomic E-state index is 0.131. The Labute approximate surface area is 128 Å². The van der Waals surface area contributed by atoms with Crippen LogP contribution in [0.3, 0.4) is 0 Å². The van der Waals surface area contributed by atoms with Crippen LogP contribution in [0.1, 0.15) is 44.2 Å². The van der Waals surface area contributed by atoms with Gasteiger partial charge in [-0.1, -0.05) is 38.0 Å². The molecule has 1 aromatic carbocycles. The van der Waals surface area contributed by atoms with Crippen LogP contribution in [-0.2, 0) is 17.4 Å². The molecule has 0 aliphatic carbocycles. The summed E-state index contributed by atoms with van der Waals surface area (Å²) >= 11 is 0. The molecule has 0 spiro atoms. The summed E-state index contributed by atoms with van der Waals surface area (Å²) in [6.45, 7) is 3.66. The maximum Gasteiger partial charge on any atom is 0.416 e. The lowest BCUT2D eigenvalue weighted by Gasteiger charge is -2.21. The van der Waals surface area contributed by atoms with E-state index in [1.807, 2.05) is 6.92 Å². The van der Waals surface area contributed by atoms with Gasteiger partial charge in [-0.3, -0.25) is 4.79 Å². The summed E-state index contributed by atoms with van der Waals surface area (Å²) in [5.41, 5.74) is -0.487. The highest BCUT2D eigenvalue weighted by molar-refractivity contribution is 5.73. The maximum absolute atomic E-state index is 12.9. The van der Waals surface area contributed by atoms with Crippen molar-refractivity contribution in [3.8, 4) is 0 Å². The Morgan fingerprint density at radius 1 is 1.32 bits per heavy atom. The third-order valence-corrected chi connectivity index (χ3v) is 3.48. The molecule has 0 bridgehead atoms. The zero-order valence-electron chi connectivity index (χ0n) is 12.8. The van der Waals surface area contributed by atoms with Crippen molar-refractivity contribution >= 4 is 5.97 Å². The number of aliphatic carboxylic acids is 1. The van der Waals surface area contributed by atoms with Crippen LogP contribution in [-0.4, -0.2) is 23.2 Å². The molecule has 1 rings (SSSR count). The Morgan fingerprint density at radius 2 is 1.95 bits per heavy atom. The van der Waals surface area contributed by atoms with Crippen LogP contribution >= 0.6 is 0 Å². The molecule has 0 aliphatic rings. The van der Waals surface area contributed by atoms with Gasteiger partial charge >= 0.3 is 12.1 Å². The molecule has 0 aliphatic heterocycles. The zero-order valence-corrected chi connectivity index (χ0v) is 12.8. The zero-order chi connectivity index (χ0) is 16.8. The molecule has 2 unspecified atom stereocenters. The molecular formula is C16H22F3NO2. The van der Waals surface area contributed by atoms with Gasteiger partial charge in [0.05, 0.1) is 5.56 Å². The van der Waals surface area contributed by atoms with Gasteiger partial charge in [-0.05, 0) is 31.4 Å². The van der Waals surface area contributed by atoms with Crippen molar-refractivity contribution in [3.63, 3.8) is 0 Å². The van der Waals surface area contributed by atoms with E-state index in [9.17, 15) is 18.0 Å². The first-order chi connectivity index (χ1) is 10.3. The monoisotopic (exact) mass is 317 g/mol. The number of nitrogens with one attached hydrogen (secondary N) is 1. The Morgan fingerprint density at radius 3 is 2.50 bits per heavy atom. The smallest absolute Gasteiger partial charge is 0.416 e. The second-order valence-electron chi connectivity index (χ2n) is 5.46. The van der Waals surface area contributed by atoms with Crippen LogP contribution in [0, 0.1) is 0 Å². The average Bonchev–Trinajstić information content (AvgIpc) is 2.42. The Bertz CT molecular complexity index is 489. The van der Waals surface area contributed by atoms with Crippen LogP contribution in [0.5, 0.6) is 0 Å². The molecule has 22 heavy (non-hydrogen) atoms. The van der Waals surface area contributed by atoms with E-state index in [1.165, 1.54) is 12.1 Å². The number of unbranched alkanes of at least 4 members (excludes halogenated alkanes) is 1. The lowest BCUT2D eigenvalue weighted by Crippen LogP contribution is -2.43. The fourth-order valence-electron chi connectivity index (χ4n) is 2.39. The molecule has 0 saturated carbocycles. The molecule has 124 valence electrons. The molecular weight excluding hydrogens is 295 g/mol. The van der Waals surface area contributed by atoms with E-state index < -0.39 is 23.8 Å². The molecule has 6 heteroatoms. The lowest BCUT2D eigenvalue weighted by molar-refractivity contribution is -0.140. The Hall–Kier alpha value is -1.56. The number of rotatable bonds is 8. The van der Waals surface area contributed by atoms with E-state index in [0.29, 0.717) is 6.42 Å². The van der Waals surface area contributed by atoms with Crippen molar-refractivity contribution < 1.29 is 23.1 Å². The van der Waals surface area contributed by atoms with Gasteiger partial charge in [0.2, 0.25) is 0 Å². The second kappa shape index (κ2) is 8.17. The highest BCUT2D eigenvalue weighted by Gasteiger charge is 2.33. The highest BCUT2D eigenvalue weighted by Crippen LogP contribution is 2.32. The van der Waals surface area contributed by atoms with Gasteiger partial charge in [0, 0.05) is 6.04 Å². The highest BCUT2D eigenvalue weighted by atomic mass is 19.4. The van der Waals surface area contributed by atoms with Crippen molar-refractivity contribution in [1.29, 1.82) is 0 Å². The van der Waals surface area contributed by atoms with Crippen LogP contribution in [0.2, 0.25) is 0 Å². The first-order valence-electron chi connectivity index (χ1n) is 7.39. The summed E-state index contributed by atoms with van der Waals surface area (Å²) in [4.78, 5) is 11.2. The summed E-state index contributed by atoms with van der Waals surface area (Å²) in [6.07, 6.45) is -2.17. The minimum Gasteiger partial charge on any atom is -0.480 e. The van der Waals surface area contributed by atoms with Crippen LogP contribution in [0.25, 0.3) is 0 Å². The van der Waals surface area contributed by atoms with E-state index in [2.05, 4.69) is 5.32 Å². The fourth-order valence-corrected chi connectivity index (χ4v) is 2.39. The minimum atomic E-state index is -4.40. The van der Waals surface area contributed by atoms with E-state index in [0.717, 1.165) is 18.9 Å². The number of benzene rings is 1. The molecule has 0 saturated heterocycles. The standard InChI is InChI=1S/C16H22F3NO2/c1-3-4-9-14(15(21)22)20-11(2)10-12-7-5-6-8-13(12)16(17,18)19/h5-8,11,14,20H,3-4,9-10H2,1-2H3,(H,21,22). The van der Waals surface area contributed by atoms with Gasteiger partial charge < -0.3 is 10.4 Å². The topological polar surface area (TPSA) is 49.3 Å².